The first kappa shape index (κ1) is 22.4. The van der Waals surface area contributed by atoms with Gasteiger partial charge in [-0.2, -0.15) is 0 Å². The van der Waals surface area contributed by atoms with Crippen molar-refractivity contribution in [2.45, 2.75) is 41.0 Å². The minimum atomic E-state index is -0.943. The van der Waals surface area contributed by atoms with Gasteiger partial charge in [-0.15, -0.1) is 0 Å². The minimum Gasteiger partial charge on any atom is -0.490 e. The molecule has 29 heavy (non-hydrogen) atoms. The standard InChI is InChI=1S/C23H30O6/c1-6-26-19-15(5)18(14-16-10-12-17(13-11-16)23(24)25)20(27-7-2)22(29-9-4)21(19)28-8-3/h10-13H,6-9,14H2,1-5H3,(H,24,25). The maximum Gasteiger partial charge on any atom is 0.335 e. The predicted molar refractivity (Wildman–Crippen MR) is 112 cm³/mol. The van der Waals surface area contributed by atoms with Gasteiger partial charge in [0.25, 0.3) is 0 Å². The van der Waals surface area contributed by atoms with Crippen LogP contribution in [-0.2, 0) is 6.42 Å². The molecule has 0 bridgehead atoms. The van der Waals surface area contributed by atoms with Gasteiger partial charge >= 0.3 is 5.97 Å². The second-order valence-corrected chi connectivity index (χ2v) is 6.33. The Kier molecular flexibility index (Phi) is 8.19. The van der Waals surface area contributed by atoms with Crippen LogP contribution in [0.25, 0.3) is 0 Å². The number of carboxylic acids is 1. The van der Waals surface area contributed by atoms with Crippen molar-refractivity contribution in [3.63, 3.8) is 0 Å². The van der Waals surface area contributed by atoms with Crippen molar-refractivity contribution in [3.05, 3.63) is 46.5 Å². The van der Waals surface area contributed by atoms with Gasteiger partial charge in [-0.1, -0.05) is 12.1 Å². The highest BCUT2D eigenvalue weighted by atomic mass is 16.6. The summed E-state index contributed by atoms with van der Waals surface area (Å²) in [5.41, 5.74) is 3.08. The Labute approximate surface area is 172 Å². The number of carbonyl (C=O) groups is 1. The second-order valence-electron chi connectivity index (χ2n) is 6.33. The summed E-state index contributed by atoms with van der Waals surface area (Å²) in [5, 5.41) is 9.13. The first-order chi connectivity index (χ1) is 14.0. The molecule has 0 unspecified atom stereocenters. The van der Waals surface area contributed by atoms with Crippen molar-refractivity contribution in [2.75, 3.05) is 26.4 Å². The maximum atomic E-state index is 11.1. The van der Waals surface area contributed by atoms with Crippen molar-refractivity contribution < 1.29 is 28.8 Å². The Morgan fingerprint density at radius 1 is 0.759 bits per heavy atom. The molecule has 0 amide bonds. The normalized spacial score (nSPS) is 10.5. The third-order valence-electron chi connectivity index (χ3n) is 4.42. The highest BCUT2D eigenvalue weighted by Gasteiger charge is 2.26. The van der Waals surface area contributed by atoms with E-state index in [1.807, 2.05) is 46.8 Å². The van der Waals surface area contributed by atoms with Gasteiger partial charge in [-0.05, 0) is 52.3 Å². The number of hydrogen-bond donors (Lipinski definition) is 1. The molecular weight excluding hydrogens is 372 g/mol. The van der Waals surface area contributed by atoms with E-state index in [1.54, 1.807) is 12.1 Å². The van der Waals surface area contributed by atoms with Crippen molar-refractivity contribution in [1.29, 1.82) is 0 Å². The van der Waals surface area contributed by atoms with Gasteiger partial charge in [0.2, 0.25) is 11.5 Å². The summed E-state index contributed by atoms with van der Waals surface area (Å²) in [6, 6.07) is 6.84. The minimum absolute atomic E-state index is 0.257. The van der Waals surface area contributed by atoms with Gasteiger partial charge < -0.3 is 24.1 Å². The molecule has 2 rings (SSSR count). The molecule has 0 radical (unpaired) electrons. The third-order valence-corrected chi connectivity index (χ3v) is 4.42. The van der Waals surface area contributed by atoms with Crippen LogP contribution in [0.4, 0.5) is 0 Å². The quantitative estimate of drug-likeness (QED) is 0.577. The Bertz CT molecular complexity index is 826. The Hall–Kier alpha value is -2.89. The molecule has 6 heteroatoms. The average molecular weight is 402 g/mol. The summed E-state index contributed by atoms with van der Waals surface area (Å²) < 4.78 is 23.8. The first-order valence-corrected chi connectivity index (χ1v) is 10.0. The Morgan fingerprint density at radius 2 is 1.21 bits per heavy atom. The summed E-state index contributed by atoms with van der Waals surface area (Å²) >= 11 is 0. The van der Waals surface area contributed by atoms with Crippen LogP contribution in [0.1, 0.15) is 54.7 Å². The van der Waals surface area contributed by atoms with Gasteiger partial charge in [-0.3, -0.25) is 0 Å². The van der Waals surface area contributed by atoms with E-state index in [0.29, 0.717) is 55.8 Å². The number of rotatable bonds is 11. The zero-order chi connectivity index (χ0) is 21.4. The molecule has 158 valence electrons. The smallest absolute Gasteiger partial charge is 0.335 e. The van der Waals surface area contributed by atoms with Crippen LogP contribution in [0.3, 0.4) is 0 Å². The highest BCUT2D eigenvalue weighted by molar-refractivity contribution is 5.87. The summed E-state index contributed by atoms with van der Waals surface area (Å²) in [4.78, 5) is 11.1. The van der Waals surface area contributed by atoms with Crippen LogP contribution < -0.4 is 18.9 Å². The monoisotopic (exact) mass is 402 g/mol. The van der Waals surface area contributed by atoms with E-state index < -0.39 is 5.97 Å². The van der Waals surface area contributed by atoms with Gasteiger partial charge in [0.15, 0.2) is 11.5 Å². The van der Waals surface area contributed by atoms with Gasteiger partial charge in [0.1, 0.15) is 0 Å². The number of aromatic carboxylic acids is 1. The van der Waals surface area contributed by atoms with E-state index in [-0.39, 0.29) is 5.56 Å². The fourth-order valence-electron chi connectivity index (χ4n) is 3.17. The number of hydrogen-bond acceptors (Lipinski definition) is 5. The molecule has 1 N–H and O–H groups in total. The second kappa shape index (κ2) is 10.6. The number of benzene rings is 2. The average Bonchev–Trinajstić information content (AvgIpc) is 2.71. The molecule has 0 aliphatic rings. The largest absolute Gasteiger partial charge is 0.490 e. The van der Waals surface area contributed by atoms with E-state index in [1.165, 1.54) is 0 Å². The topological polar surface area (TPSA) is 74.2 Å². The Morgan fingerprint density at radius 3 is 1.69 bits per heavy atom. The molecular formula is C23H30O6. The van der Waals surface area contributed by atoms with E-state index >= 15 is 0 Å². The van der Waals surface area contributed by atoms with E-state index in [9.17, 15) is 4.79 Å². The fraction of sp³-hybridized carbons (Fsp3) is 0.435. The van der Waals surface area contributed by atoms with Crippen LogP contribution in [0.5, 0.6) is 23.0 Å². The summed E-state index contributed by atoms with van der Waals surface area (Å²) in [6.07, 6.45) is 0.549. The molecule has 0 heterocycles. The summed E-state index contributed by atoms with van der Waals surface area (Å²) in [6.45, 7) is 11.6. The highest BCUT2D eigenvalue weighted by Crippen LogP contribution is 2.50. The first-order valence-electron chi connectivity index (χ1n) is 10.0. The lowest BCUT2D eigenvalue weighted by molar-refractivity contribution is 0.0697. The number of carboxylic acid groups (broad SMARTS) is 1. The predicted octanol–water partition coefficient (Wildman–Crippen LogP) is 4.88. The lowest BCUT2D eigenvalue weighted by Gasteiger charge is -2.24. The van der Waals surface area contributed by atoms with E-state index in [0.717, 1.165) is 16.7 Å². The molecule has 0 aliphatic carbocycles. The molecule has 0 aliphatic heterocycles. The lowest BCUT2D eigenvalue weighted by atomic mass is 9.96. The Balaban J connectivity index is 2.65. The summed E-state index contributed by atoms with van der Waals surface area (Å²) in [7, 11) is 0. The van der Waals surface area contributed by atoms with Crippen LogP contribution in [0, 0.1) is 6.92 Å². The van der Waals surface area contributed by atoms with Crippen molar-refractivity contribution in [3.8, 4) is 23.0 Å². The van der Waals surface area contributed by atoms with E-state index in [4.69, 9.17) is 24.1 Å². The number of ether oxygens (including phenoxy) is 4. The molecule has 0 atom stereocenters. The van der Waals surface area contributed by atoms with Crippen LogP contribution >= 0.6 is 0 Å². The molecule has 2 aromatic carbocycles. The SMILES string of the molecule is CCOc1c(C)c(Cc2ccc(C(=O)O)cc2)c(OCC)c(OCC)c1OCC. The van der Waals surface area contributed by atoms with Crippen molar-refractivity contribution >= 4 is 5.97 Å². The fourth-order valence-corrected chi connectivity index (χ4v) is 3.17. The lowest BCUT2D eigenvalue weighted by Crippen LogP contribution is -2.10. The van der Waals surface area contributed by atoms with Crippen LogP contribution in [0.2, 0.25) is 0 Å². The molecule has 0 spiro atoms. The zero-order valence-electron chi connectivity index (χ0n) is 17.8. The third kappa shape index (κ3) is 5.13. The molecule has 6 nitrogen and oxygen atoms in total. The zero-order valence-corrected chi connectivity index (χ0v) is 17.8. The van der Waals surface area contributed by atoms with Crippen LogP contribution in [0.15, 0.2) is 24.3 Å². The molecule has 0 fully saturated rings. The van der Waals surface area contributed by atoms with Gasteiger partial charge in [-0.25, -0.2) is 4.79 Å². The molecule has 0 saturated carbocycles. The van der Waals surface area contributed by atoms with Crippen molar-refractivity contribution in [1.82, 2.24) is 0 Å². The van der Waals surface area contributed by atoms with Crippen molar-refractivity contribution in [2.24, 2.45) is 0 Å². The maximum absolute atomic E-state index is 11.1. The molecule has 0 saturated heterocycles. The molecule has 0 aromatic heterocycles. The molecule has 2 aromatic rings. The van der Waals surface area contributed by atoms with Crippen LogP contribution in [-0.4, -0.2) is 37.5 Å². The van der Waals surface area contributed by atoms with E-state index in [2.05, 4.69) is 0 Å². The van der Waals surface area contributed by atoms with Gasteiger partial charge in [0.05, 0.1) is 32.0 Å². The summed E-state index contributed by atoms with van der Waals surface area (Å²) in [5.74, 6) is 1.45. The van der Waals surface area contributed by atoms with Gasteiger partial charge in [0, 0.05) is 17.5 Å².